The molecule has 1 amide bonds. The van der Waals surface area contributed by atoms with Crippen LogP contribution in [-0.2, 0) is 4.79 Å². The number of carbonyl (C=O) groups is 1. The predicted octanol–water partition coefficient (Wildman–Crippen LogP) is 12.2. The monoisotopic (exact) mass is 646 g/mol. The summed E-state index contributed by atoms with van der Waals surface area (Å²) >= 11 is 0. The molecule has 0 spiro atoms. The lowest BCUT2D eigenvalue weighted by molar-refractivity contribution is -0.123. The molecule has 0 aliphatic heterocycles. The molecule has 0 rings (SSSR count). The average Bonchev–Trinajstić information content (AvgIpc) is 3.06. The summed E-state index contributed by atoms with van der Waals surface area (Å²) in [4.78, 5) is 12.3. The Bertz CT molecular complexity index is 701. The standard InChI is InChI=1S/C42H79NO3/c1-3-5-7-9-11-13-14-15-16-17-18-19-20-21-22-23-24-25-26-27-28-30-32-34-36-38-42(46)43-40(39-44)41(45)37-35-33-31-29-12-10-8-6-4-2/h12,21-22,29,35,37,40-41,44-45H,3-11,13-20,23-28,30-34,36,38-39H2,1-2H3,(H,43,46)/b22-21-,29-12+,37-35+. The van der Waals surface area contributed by atoms with E-state index in [2.05, 4.69) is 43.5 Å². The van der Waals surface area contributed by atoms with Gasteiger partial charge in [0.1, 0.15) is 0 Å². The number of amides is 1. The second kappa shape index (κ2) is 38.1. The maximum atomic E-state index is 12.3. The minimum Gasteiger partial charge on any atom is -0.394 e. The summed E-state index contributed by atoms with van der Waals surface area (Å²) in [6, 6.07) is -0.636. The Morgan fingerprint density at radius 1 is 0.500 bits per heavy atom. The van der Waals surface area contributed by atoms with Gasteiger partial charge in [0.25, 0.3) is 0 Å². The van der Waals surface area contributed by atoms with E-state index in [1.54, 1.807) is 6.08 Å². The second-order valence-corrected chi connectivity index (χ2v) is 13.7. The molecule has 0 aliphatic carbocycles. The minimum absolute atomic E-state index is 0.0790. The van der Waals surface area contributed by atoms with Crippen molar-refractivity contribution < 1.29 is 15.0 Å². The lowest BCUT2D eigenvalue weighted by Crippen LogP contribution is -2.45. The molecule has 0 aromatic rings. The first-order valence-electron chi connectivity index (χ1n) is 20.2. The van der Waals surface area contributed by atoms with Gasteiger partial charge < -0.3 is 15.5 Å². The zero-order chi connectivity index (χ0) is 33.6. The molecule has 2 atom stereocenters. The molecule has 3 N–H and O–H groups in total. The Balaban J connectivity index is 3.51. The van der Waals surface area contributed by atoms with Gasteiger partial charge in [-0.3, -0.25) is 4.79 Å². The van der Waals surface area contributed by atoms with Crippen molar-refractivity contribution in [2.24, 2.45) is 0 Å². The maximum Gasteiger partial charge on any atom is 0.220 e. The van der Waals surface area contributed by atoms with Crippen molar-refractivity contribution in [3.05, 3.63) is 36.5 Å². The van der Waals surface area contributed by atoms with E-state index in [1.807, 2.05) is 6.08 Å². The Kier molecular flexibility index (Phi) is 36.9. The summed E-state index contributed by atoms with van der Waals surface area (Å²) in [7, 11) is 0. The number of aliphatic hydroxyl groups is 2. The van der Waals surface area contributed by atoms with Crippen molar-refractivity contribution in [1.29, 1.82) is 0 Å². The highest BCUT2D eigenvalue weighted by Crippen LogP contribution is 2.14. The van der Waals surface area contributed by atoms with Crippen molar-refractivity contribution in [3.8, 4) is 0 Å². The van der Waals surface area contributed by atoms with Crippen molar-refractivity contribution in [2.75, 3.05) is 6.61 Å². The van der Waals surface area contributed by atoms with Crippen LogP contribution in [0.25, 0.3) is 0 Å². The number of unbranched alkanes of at least 4 members (excludes halogenated alkanes) is 25. The maximum absolute atomic E-state index is 12.3. The molecule has 0 saturated heterocycles. The number of rotatable bonds is 36. The van der Waals surface area contributed by atoms with Crippen LogP contribution in [0.3, 0.4) is 0 Å². The first-order valence-corrected chi connectivity index (χ1v) is 20.2. The summed E-state index contributed by atoms with van der Waals surface area (Å²) in [5.74, 6) is -0.0790. The van der Waals surface area contributed by atoms with Crippen molar-refractivity contribution in [2.45, 2.75) is 219 Å². The first-order chi connectivity index (χ1) is 22.7. The molecule has 0 bridgehead atoms. The molecular formula is C42H79NO3. The molecule has 0 aliphatic rings. The minimum atomic E-state index is -0.859. The molecule has 0 heterocycles. The largest absolute Gasteiger partial charge is 0.394 e. The molecule has 0 aromatic heterocycles. The summed E-state index contributed by atoms with van der Waals surface area (Å²) in [5, 5.41) is 22.8. The highest BCUT2D eigenvalue weighted by atomic mass is 16.3. The smallest absolute Gasteiger partial charge is 0.220 e. The number of aliphatic hydroxyl groups excluding tert-OH is 2. The van der Waals surface area contributed by atoms with Crippen LogP contribution in [-0.4, -0.2) is 34.9 Å². The second-order valence-electron chi connectivity index (χ2n) is 13.7. The molecule has 2 unspecified atom stereocenters. The summed E-state index contributed by atoms with van der Waals surface area (Å²) in [6.07, 6.45) is 49.7. The fraction of sp³-hybridized carbons (Fsp3) is 0.833. The van der Waals surface area contributed by atoms with E-state index in [0.29, 0.717) is 6.42 Å². The quantitative estimate of drug-likeness (QED) is 0.0469. The fourth-order valence-corrected chi connectivity index (χ4v) is 5.95. The normalized spacial score (nSPS) is 13.4. The van der Waals surface area contributed by atoms with Gasteiger partial charge in [-0.25, -0.2) is 0 Å². The van der Waals surface area contributed by atoms with Crippen LogP contribution in [0, 0.1) is 0 Å². The Labute approximate surface area is 287 Å². The third kappa shape index (κ3) is 34.0. The van der Waals surface area contributed by atoms with Gasteiger partial charge in [-0.2, -0.15) is 0 Å². The third-order valence-corrected chi connectivity index (χ3v) is 9.10. The molecule has 4 nitrogen and oxygen atoms in total. The Morgan fingerprint density at radius 2 is 0.848 bits per heavy atom. The van der Waals surface area contributed by atoms with Gasteiger partial charge in [-0.1, -0.05) is 179 Å². The van der Waals surface area contributed by atoms with Gasteiger partial charge in [0.2, 0.25) is 5.91 Å². The van der Waals surface area contributed by atoms with E-state index < -0.39 is 12.1 Å². The summed E-state index contributed by atoms with van der Waals surface area (Å²) < 4.78 is 0. The Hall–Kier alpha value is -1.39. The van der Waals surface area contributed by atoms with Crippen LogP contribution in [0.5, 0.6) is 0 Å². The van der Waals surface area contributed by atoms with Crippen LogP contribution < -0.4 is 5.32 Å². The van der Waals surface area contributed by atoms with Gasteiger partial charge in [0.05, 0.1) is 18.8 Å². The molecule has 4 heteroatoms. The third-order valence-electron chi connectivity index (χ3n) is 9.10. The first kappa shape index (κ1) is 44.6. The van der Waals surface area contributed by atoms with Crippen molar-refractivity contribution in [1.82, 2.24) is 5.32 Å². The van der Waals surface area contributed by atoms with E-state index in [0.717, 1.165) is 32.1 Å². The van der Waals surface area contributed by atoms with Gasteiger partial charge >= 0.3 is 0 Å². The molecule has 46 heavy (non-hydrogen) atoms. The highest BCUT2D eigenvalue weighted by molar-refractivity contribution is 5.76. The molecular weight excluding hydrogens is 566 g/mol. The number of hydrogen-bond donors (Lipinski definition) is 3. The van der Waals surface area contributed by atoms with Crippen LogP contribution in [0.4, 0.5) is 0 Å². The molecule has 270 valence electrons. The highest BCUT2D eigenvalue weighted by Gasteiger charge is 2.17. The van der Waals surface area contributed by atoms with Crippen LogP contribution in [0.15, 0.2) is 36.5 Å². The number of allylic oxidation sites excluding steroid dienone is 5. The zero-order valence-electron chi connectivity index (χ0n) is 30.8. The lowest BCUT2D eigenvalue weighted by Gasteiger charge is -2.19. The zero-order valence-corrected chi connectivity index (χ0v) is 30.8. The molecule has 0 saturated carbocycles. The van der Waals surface area contributed by atoms with Crippen molar-refractivity contribution in [3.63, 3.8) is 0 Å². The predicted molar refractivity (Wildman–Crippen MR) is 202 cm³/mol. The fourth-order valence-electron chi connectivity index (χ4n) is 5.95. The topological polar surface area (TPSA) is 69.6 Å². The lowest BCUT2D eigenvalue weighted by atomic mass is 10.0. The van der Waals surface area contributed by atoms with E-state index >= 15 is 0 Å². The SMILES string of the molecule is CCCCC/C=C/CC/C=C/C(O)C(CO)NC(=O)CCCCCCCCCCC/C=C\CCCCCCCCCCCCCC. The average molecular weight is 646 g/mol. The van der Waals surface area contributed by atoms with Gasteiger partial charge in [0.15, 0.2) is 0 Å². The number of hydrogen-bond acceptors (Lipinski definition) is 3. The summed E-state index contributed by atoms with van der Waals surface area (Å²) in [6.45, 7) is 4.24. The van der Waals surface area contributed by atoms with Gasteiger partial charge in [-0.05, 0) is 57.8 Å². The molecule has 0 aromatic carbocycles. The van der Waals surface area contributed by atoms with E-state index in [1.165, 1.54) is 154 Å². The summed E-state index contributed by atoms with van der Waals surface area (Å²) in [5.41, 5.74) is 0. The number of carbonyl (C=O) groups excluding carboxylic acids is 1. The van der Waals surface area contributed by atoms with E-state index in [9.17, 15) is 15.0 Å². The molecule has 0 fully saturated rings. The van der Waals surface area contributed by atoms with Crippen LogP contribution >= 0.6 is 0 Å². The van der Waals surface area contributed by atoms with E-state index in [4.69, 9.17) is 0 Å². The van der Waals surface area contributed by atoms with Crippen LogP contribution in [0.2, 0.25) is 0 Å². The van der Waals surface area contributed by atoms with Gasteiger partial charge in [-0.15, -0.1) is 0 Å². The van der Waals surface area contributed by atoms with Crippen LogP contribution in [0.1, 0.15) is 206 Å². The van der Waals surface area contributed by atoms with Crippen molar-refractivity contribution >= 4 is 5.91 Å². The van der Waals surface area contributed by atoms with Gasteiger partial charge in [0, 0.05) is 6.42 Å². The number of nitrogens with one attached hydrogen (secondary N) is 1. The Morgan fingerprint density at radius 3 is 1.30 bits per heavy atom. The van der Waals surface area contributed by atoms with E-state index in [-0.39, 0.29) is 12.5 Å². The molecule has 0 radical (unpaired) electrons.